The molecule has 0 aromatic carbocycles. The fourth-order valence-electron chi connectivity index (χ4n) is 2.33. The number of nitrogens with two attached hydrogens (primary N) is 1. The molecular formula is C10H20N4OS. The smallest absolute Gasteiger partial charge is 0.140 e. The normalized spacial score (nSPS) is 29.9. The first-order chi connectivity index (χ1) is 7.63. The van der Waals surface area contributed by atoms with E-state index in [0.29, 0.717) is 12.4 Å². The van der Waals surface area contributed by atoms with E-state index < -0.39 is 11.0 Å². The summed E-state index contributed by atoms with van der Waals surface area (Å²) >= 11 is 0. The summed E-state index contributed by atoms with van der Waals surface area (Å²) in [4.78, 5) is 6.59. The molecule has 2 aliphatic rings. The minimum Gasteiger partial charge on any atom is -0.330 e. The van der Waals surface area contributed by atoms with Crippen LogP contribution in [0, 0.1) is 5.41 Å². The Balaban J connectivity index is 1.97. The lowest BCUT2D eigenvalue weighted by Crippen LogP contribution is -2.44. The van der Waals surface area contributed by atoms with Gasteiger partial charge in [-0.05, 0) is 44.9 Å². The highest BCUT2D eigenvalue weighted by atomic mass is 32.2. The van der Waals surface area contributed by atoms with Crippen LogP contribution in [0.2, 0.25) is 0 Å². The number of piperidine rings is 1. The van der Waals surface area contributed by atoms with Gasteiger partial charge in [-0.15, -0.1) is 0 Å². The lowest BCUT2D eigenvalue weighted by molar-refractivity contribution is 0.135. The Kier molecular flexibility index (Phi) is 3.61. The first-order valence-corrected chi connectivity index (χ1v) is 7.02. The van der Waals surface area contributed by atoms with E-state index >= 15 is 0 Å². The van der Waals surface area contributed by atoms with Crippen LogP contribution in [0.25, 0.3) is 0 Å². The minimum atomic E-state index is -0.989. The summed E-state index contributed by atoms with van der Waals surface area (Å²) in [7, 11) is 1.15. The van der Waals surface area contributed by atoms with Crippen molar-refractivity contribution in [3.8, 4) is 0 Å². The minimum absolute atomic E-state index is 0.160. The van der Waals surface area contributed by atoms with Gasteiger partial charge in [-0.1, -0.05) is 0 Å². The third-order valence-corrected chi connectivity index (χ3v) is 4.45. The van der Waals surface area contributed by atoms with E-state index in [1.54, 1.807) is 0 Å². The molecule has 3 N–H and O–H groups in total. The molecule has 2 heterocycles. The molecule has 92 valence electrons. The summed E-state index contributed by atoms with van der Waals surface area (Å²) in [6.07, 6.45) is 3.06. The number of nitrogens with zero attached hydrogens (tertiary/aromatic N) is 2. The Hall–Kier alpha value is -0.460. The number of likely N-dealkylation sites (tertiary alicyclic amines) is 1. The average Bonchev–Trinajstić information content (AvgIpc) is 2.68. The SMILES string of the molecule is CN1CCC(CN)(CC2=NCS(=O)N2)CC1. The second-order valence-corrected chi connectivity index (χ2v) is 6.02. The van der Waals surface area contributed by atoms with Crippen LogP contribution in [0.15, 0.2) is 4.99 Å². The van der Waals surface area contributed by atoms with Crippen molar-refractivity contribution in [2.24, 2.45) is 16.1 Å². The Morgan fingerprint density at radius 3 is 2.75 bits per heavy atom. The van der Waals surface area contributed by atoms with Crippen LogP contribution in [0.1, 0.15) is 19.3 Å². The monoisotopic (exact) mass is 244 g/mol. The highest BCUT2D eigenvalue weighted by Gasteiger charge is 2.34. The molecule has 1 atom stereocenters. The van der Waals surface area contributed by atoms with Gasteiger partial charge < -0.3 is 10.6 Å². The Morgan fingerprint density at radius 1 is 1.56 bits per heavy atom. The second kappa shape index (κ2) is 4.81. The molecular weight excluding hydrogens is 224 g/mol. The maximum atomic E-state index is 11.2. The number of hydrogen-bond acceptors (Lipinski definition) is 4. The number of hydrogen-bond donors (Lipinski definition) is 2. The lowest BCUT2D eigenvalue weighted by atomic mass is 9.75. The van der Waals surface area contributed by atoms with Crippen LogP contribution < -0.4 is 10.5 Å². The Labute approximate surface area is 99.1 Å². The highest BCUT2D eigenvalue weighted by Crippen LogP contribution is 2.34. The summed E-state index contributed by atoms with van der Waals surface area (Å²) in [5.41, 5.74) is 6.08. The quantitative estimate of drug-likeness (QED) is 0.714. The van der Waals surface area contributed by atoms with Gasteiger partial charge in [0.1, 0.15) is 22.7 Å². The third kappa shape index (κ3) is 2.61. The van der Waals surface area contributed by atoms with Crippen LogP contribution >= 0.6 is 0 Å². The van der Waals surface area contributed by atoms with Crippen molar-refractivity contribution in [1.29, 1.82) is 0 Å². The molecule has 0 bridgehead atoms. The molecule has 1 unspecified atom stereocenters. The molecule has 6 heteroatoms. The predicted octanol–water partition coefficient (Wildman–Crippen LogP) is -0.330. The van der Waals surface area contributed by atoms with Crippen molar-refractivity contribution < 1.29 is 4.21 Å². The van der Waals surface area contributed by atoms with Gasteiger partial charge >= 0.3 is 0 Å². The molecule has 2 rings (SSSR count). The van der Waals surface area contributed by atoms with Crippen molar-refractivity contribution in [1.82, 2.24) is 9.62 Å². The van der Waals surface area contributed by atoms with Crippen LogP contribution in [-0.4, -0.2) is 47.5 Å². The van der Waals surface area contributed by atoms with Gasteiger partial charge in [0.15, 0.2) is 0 Å². The van der Waals surface area contributed by atoms with Crippen molar-refractivity contribution in [2.75, 3.05) is 32.6 Å². The maximum absolute atomic E-state index is 11.2. The first kappa shape index (κ1) is 12.0. The second-order valence-electron chi connectivity index (χ2n) is 4.87. The van der Waals surface area contributed by atoms with Crippen molar-refractivity contribution in [2.45, 2.75) is 19.3 Å². The van der Waals surface area contributed by atoms with Crippen LogP contribution in [0.5, 0.6) is 0 Å². The molecule has 0 radical (unpaired) electrons. The highest BCUT2D eigenvalue weighted by molar-refractivity contribution is 7.83. The molecule has 0 spiro atoms. The molecule has 0 aliphatic carbocycles. The molecule has 1 saturated heterocycles. The van der Waals surface area contributed by atoms with Crippen LogP contribution in [-0.2, 0) is 11.0 Å². The van der Waals surface area contributed by atoms with Crippen molar-refractivity contribution in [3.63, 3.8) is 0 Å². The summed E-state index contributed by atoms with van der Waals surface area (Å²) in [5, 5.41) is 0. The van der Waals surface area contributed by atoms with E-state index in [0.717, 1.165) is 38.2 Å². The Bertz CT molecular complexity index is 310. The lowest BCUT2D eigenvalue weighted by Gasteiger charge is -2.39. The summed E-state index contributed by atoms with van der Waals surface area (Å²) in [6, 6.07) is 0. The number of aliphatic imine (C=N–C) groups is 1. The van der Waals surface area contributed by atoms with Gasteiger partial charge in [0.25, 0.3) is 0 Å². The van der Waals surface area contributed by atoms with E-state index in [-0.39, 0.29) is 5.41 Å². The summed E-state index contributed by atoms with van der Waals surface area (Å²) in [5.74, 6) is 1.28. The number of nitrogens with one attached hydrogen (secondary N) is 1. The van der Waals surface area contributed by atoms with E-state index in [9.17, 15) is 4.21 Å². The molecule has 16 heavy (non-hydrogen) atoms. The topological polar surface area (TPSA) is 70.7 Å². The van der Waals surface area contributed by atoms with Gasteiger partial charge in [-0.3, -0.25) is 9.71 Å². The number of amidine groups is 1. The van der Waals surface area contributed by atoms with Gasteiger partial charge in [-0.25, -0.2) is 4.21 Å². The summed E-state index contributed by atoms with van der Waals surface area (Å²) < 4.78 is 14.1. The van der Waals surface area contributed by atoms with Crippen molar-refractivity contribution in [3.05, 3.63) is 0 Å². The van der Waals surface area contributed by atoms with Crippen LogP contribution in [0.4, 0.5) is 0 Å². The number of rotatable bonds is 3. The largest absolute Gasteiger partial charge is 0.330 e. The molecule has 0 saturated carbocycles. The molecule has 0 aromatic heterocycles. The standard InChI is InChI=1S/C10H20N4OS/c1-14-4-2-10(7-11,3-5-14)6-9-12-8-16(15)13-9/h2-8,11H2,1H3,(H,12,13). The third-order valence-electron chi connectivity index (χ3n) is 3.63. The molecule has 0 aromatic rings. The van der Waals surface area contributed by atoms with Crippen molar-refractivity contribution >= 4 is 16.8 Å². The summed E-state index contributed by atoms with van der Waals surface area (Å²) in [6.45, 7) is 2.87. The molecule has 1 fully saturated rings. The van der Waals surface area contributed by atoms with Crippen LogP contribution in [0.3, 0.4) is 0 Å². The first-order valence-electron chi connectivity index (χ1n) is 5.70. The molecule has 5 nitrogen and oxygen atoms in total. The zero-order valence-electron chi connectivity index (χ0n) is 9.74. The van der Waals surface area contributed by atoms with Gasteiger partial charge in [0.2, 0.25) is 0 Å². The van der Waals surface area contributed by atoms with E-state index in [1.165, 1.54) is 0 Å². The zero-order chi connectivity index (χ0) is 11.6. The molecule has 0 amide bonds. The average molecular weight is 244 g/mol. The predicted molar refractivity (Wildman–Crippen MR) is 66.4 cm³/mol. The van der Waals surface area contributed by atoms with E-state index in [4.69, 9.17) is 5.73 Å². The zero-order valence-corrected chi connectivity index (χ0v) is 10.6. The fraction of sp³-hybridized carbons (Fsp3) is 0.900. The van der Waals surface area contributed by atoms with Gasteiger partial charge in [-0.2, -0.15) is 0 Å². The van der Waals surface area contributed by atoms with E-state index in [1.807, 2.05) is 0 Å². The van der Waals surface area contributed by atoms with Gasteiger partial charge in [0, 0.05) is 6.42 Å². The Morgan fingerprint density at radius 2 is 2.25 bits per heavy atom. The molecule has 2 aliphatic heterocycles. The van der Waals surface area contributed by atoms with Gasteiger partial charge in [0.05, 0.1) is 0 Å². The van der Waals surface area contributed by atoms with E-state index in [2.05, 4.69) is 21.7 Å². The maximum Gasteiger partial charge on any atom is 0.140 e. The fourth-order valence-corrected chi connectivity index (χ4v) is 3.06.